The zero-order valence-corrected chi connectivity index (χ0v) is 15.7. The Morgan fingerprint density at radius 2 is 2.00 bits per heavy atom. The molecule has 0 bridgehead atoms. The normalized spacial score (nSPS) is 20.5. The van der Waals surface area contributed by atoms with Gasteiger partial charge in [-0.05, 0) is 68.5 Å². The van der Waals surface area contributed by atoms with Gasteiger partial charge in [0.15, 0.2) is 0 Å². The number of hydrogen-bond acceptors (Lipinski definition) is 3. The van der Waals surface area contributed by atoms with Gasteiger partial charge >= 0.3 is 0 Å². The topological polar surface area (TPSA) is 25.4 Å². The average Bonchev–Trinajstić information content (AvgIpc) is 3.09. The van der Waals surface area contributed by atoms with Crippen LogP contribution in [-0.2, 0) is 17.6 Å². The molecule has 1 fully saturated rings. The van der Waals surface area contributed by atoms with Crippen molar-refractivity contribution in [3.8, 4) is 0 Å². The van der Waals surface area contributed by atoms with Gasteiger partial charge in [-0.25, -0.2) is 4.39 Å². The zero-order valence-electron chi connectivity index (χ0n) is 15.7. The quantitative estimate of drug-likeness (QED) is 0.676. The molecule has 1 aliphatic heterocycles. The van der Waals surface area contributed by atoms with Gasteiger partial charge in [0.2, 0.25) is 0 Å². The molecular weight excluding hydrogens is 327 g/mol. The van der Waals surface area contributed by atoms with Crippen LogP contribution in [0.15, 0.2) is 48.8 Å². The summed E-state index contributed by atoms with van der Waals surface area (Å²) in [6, 6.07) is 11.1. The molecule has 140 valence electrons. The monoisotopic (exact) mass is 356 g/mol. The molecule has 3 nitrogen and oxygen atoms in total. The minimum atomic E-state index is -0.166. The number of benzene rings is 1. The third-order valence-electron chi connectivity index (χ3n) is 5.43. The largest absolute Gasteiger partial charge is 0.381 e. The first-order chi connectivity index (χ1) is 12.7. The minimum absolute atomic E-state index is 0.166. The van der Waals surface area contributed by atoms with Crippen molar-refractivity contribution < 1.29 is 9.13 Å². The molecule has 0 aliphatic carbocycles. The number of nitrogens with zero attached hydrogens (tertiary/aromatic N) is 2. The number of ether oxygens (including phenoxy) is 1. The van der Waals surface area contributed by atoms with Gasteiger partial charge in [0.25, 0.3) is 0 Å². The Hall–Kier alpha value is -1.78. The standard InChI is InChI=1S/C22H29FN2O/c1-2-26-18-22(11-9-19-5-7-21(23)8-6-19)12-15-25(17-22)14-10-20-4-3-13-24-16-20/h3-8,13,16H,2,9-12,14-15,17-18H2,1H3/t22-/m1/s1. The van der Waals surface area contributed by atoms with E-state index in [0.717, 1.165) is 52.1 Å². The summed E-state index contributed by atoms with van der Waals surface area (Å²) in [6.45, 7) is 6.90. The van der Waals surface area contributed by atoms with Crippen molar-refractivity contribution in [2.24, 2.45) is 5.41 Å². The lowest BCUT2D eigenvalue weighted by atomic mass is 9.82. The van der Waals surface area contributed by atoms with E-state index < -0.39 is 0 Å². The van der Waals surface area contributed by atoms with Crippen LogP contribution >= 0.6 is 0 Å². The molecule has 1 aromatic carbocycles. The molecule has 3 rings (SSSR count). The molecule has 2 aromatic rings. The number of hydrogen-bond donors (Lipinski definition) is 0. The van der Waals surface area contributed by atoms with Gasteiger partial charge in [-0.15, -0.1) is 0 Å². The second-order valence-corrected chi connectivity index (χ2v) is 7.40. The summed E-state index contributed by atoms with van der Waals surface area (Å²) in [7, 11) is 0. The fourth-order valence-corrected chi connectivity index (χ4v) is 3.83. The van der Waals surface area contributed by atoms with E-state index in [1.54, 1.807) is 12.1 Å². The Balaban J connectivity index is 1.56. The van der Waals surface area contributed by atoms with Crippen LogP contribution in [0, 0.1) is 11.2 Å². The molecule has 1 atom stereocenters. The van der Waals surface area contributed by atoms with Crippen LogP contribution in [0.1, 0.15) is 30.9 Å². The maximum Gasteiger partial charge on any atom is 0.123 e. The molecule has 2 heterocycles. The molecule has 0 spiro atoms. The van der Waals surface area contributed by atoms with E-state index in [-0.39, 0.29) is 11.2 Å². The van der Waals surface area contributed by atoms with Crippen LogP contribution < -0.4 is 0 Å². The average molecular weight is 356 g/mol. The Labute approximate surface area is 156 Å². The molecule has 0 amide bonds. The van der Waals surface area contributed by atoms with Crippen LogP contribution in [0.25, 0.3) is 0 Å². The zero-order chi connectivity index (χ0) is 18.2. The number of aromatic nitrogens is 1. The number of pyridine rings is 1. The smallest absolute Gasteiger partial charge is 0.123 e. The highest BCUT2D eigenvalue weighted by Gasteiger charge is 2.37. The van der Waals surface area contributed by atoms with Gasteiger partial charge in [0.05, 0.1) is 6.61 Å². The lowest BCUT2D eigenvalue weighted by Crippen LogP contribution is -2.33. The predicted octanol–water partition coefficient (Wildman–Crippen LogP) is 4.12. The van der Waals surface area contributed by atoms with Gasteiger partial charge in [-0.3, -0.25) is 4.98 Å². The van der Waals surface area contributed by atoms with Crippen LogP contribution in [0.3, 0.4) is 0 Å². The first-order valence-electron chi connectivity index (χ1n) is 9.63. The Bertz CT molecular complexity index is 662. The maximum atomic E-state index is 13.1. The third-order valence-corrected chi connectivity index (χ3v) is 5.43. The number of rotatable bonds is 9. The highest BCUT2D eigenvalue weighted by molar-refractivity contribution is 5.16. The molecule has 1 saturated heterocycles. The van der Waals surface area contributed by atoms with Crippen LogP contribution in [0.5, 0.6) is 0 Å². The van der Waals surface area contributed by atoms with Gasteiger partial charge < -0.3 is 9.64 Å². The summed E-state index contributed by atoms with van der Waals surface area (Å²) in [6.07, 6.45) is 8.05. The molecule has 0 saturated carbocycles. The molecule has 0 radical (unpaired) electrons. The summed E-state index contributed by atoms with van der Waals surface area (Å²) in [5.74, 6) is -0.166. The molecule has 26 heavy (non-hydrogen) atoms. The van der Waals surface area contributed by atoms with Crippen molar-refractivity contribution in [2.75, 3.05) is 32.8 Å². The van der Waals surface area contributed by atoms with Crippen molar-refractivity contribution >= 4 is 0 Å². The predicted molar refractivity (Wildman–Crippen MR) is 103 cm³/mol. The maximum absolute atomic E-state index is 13.1. The highest BCUT2D eigenvalue weighted by atomic mass is 19.1. The van der Waals surface area contributed by atoms with E-state index >= 15 is 0 Å². The molecule has 1 aromatic heterocycles. The van der Waals surface area contributed by atoms with Crippen LogP contribution in [0.2, 0.25) is 0 Å². The highest BCUT2D eigenvalue weighted by Crippen LogP contribution is 2.36. The van der Waals surface area contributed by atoms with Gasteiger partial charge in [-0.2, -0.15) is 0 Å². The first-order valence-corrected chi connectivity index (χ1v) is 9.63. The van der Waals surface area contributed by atoms with E-state index in [0.29, 0.717) is 0 Å². The number of likely N-dealkylation sites (tertiary alicyclic amines) is 1. The van der Waals surface area contributed by atoms with Gasteiger partial charge in [0.1, 0.15) is 5.82 Å². The van der Waals surface area contributed by atoms with E-state index in [9.17, 15) is 4.39 Å². The summed E-state index contributed by atoms with van der Waals surface area (Å²) in [4.78, 5) is 6.76. The van der Waals surface area contributed by atoms with E-state index in [1.807, 2.05) is 30.6 Å². The summed E-state index contributed by atoms with van der Waals surface area (Å²) in [5, 5.41) is 0. The van der Waals surface area contributed by atoms with Crippen LogP contribution in [-0.4, -0.2) is 42.7 Å². The molecule has 1 aliphatic rings. The fourth-order valence-electron chi connectivity index (χ4n) is 3.83. The summed E-state index contributed by atoms with van der Waals surface area (Å²) >= 11 is 0. The van der Waals surface area contributed by atoms with Crippen molar-refractivity contribution in [1.29, 1.82) is 0 Å². The Morgan fingerprint density at radius 3 is 2.73 bits per heavy atom. The number of halogens is 1. The van der Waals surface area contributed by atoms with Gasteiger partial charge in [-0.1, -0.05) is 18.2 Å². The minimum Gasteiger partial charge on any atom is -0.381 e. The second-order valence-electron chi connectivity index (χ2n) is 7.40. The lowest BCUT2D eigenvalue weighted by Gasteiger charge is -2.29. The van der Waals surface area contributed by atoms with Crippen molar-refractivity contribution in [2.45, 2.75) is 32.6 Å². The first kappa shape index (κ1) is 19.0. The molecule has 4 heteroatoms. The van der Waals surface area contributed by atoms with Gasteiger partial charge in [0, 0.05) is 37.5 Å². The summed E-state index contributed by atoms with van der Waals surface area (Å²) < 4.78 is 19.0. The SMILES string of the molecule is CCOC[C@]1(CCc2ccc(F)cc2)CCN(CCc2cccnc2)C1. The molecule has 0 N–H and O–H groups in total. The Morgan fingerprint density at radius 1 is 1.15 bits per heavy atom. The van der Waals surface area contributed by atoms with Crippen LogP contribution in [0.4, 0.5) is 4.39 Å². The molecular formula is C22H29FN2O. The van der Waals surface area contributed by atoms with Crippen molar-refractivity contribution in [3.05, 3.63) is 65.7 Å². The third kappa shape index (κ3) is 5.36. The van der Waals surface area contributed by atoms with Crippen molar-refractivity contribution in [3.63, 3.8) is 0 Å². The fraction of sp³-hybridized carbons (Fsp3) is 0.500. The lowest BCUT2D eigenvalue weighted by molar-refractivity contribution is 0.0495. The number of aryl methyl sites for hydroxylation is 1. The second kappa shape index (κ2) is 9.24. The van der Waals surface area contributed by atoms with E-state index in [2.05, 4.69) is 22.9 Å². The Kier molecular flexibility index (Phi) is 6.75. The van der Waals surface area contributed by atoms with Crippen molar-refractivity contribution in [1.82, 2.24) is 9.88 Å². The van der Waals surface area contributed by atoms with E-state index in [1.165, 1.54) is 17.5 Å². The molecule has 0 unspecified atom stereocenters. The van der Waals surface area contributed by atoms with E-state index in [4.69, 9.17) is 4.74 Å². The summed E-state index contributed by atoms with van der Waals surface area (Å²) in [5.41, 5.74) is 2.71.